The molecule has 0 amide bonds. The highest BCUT2D eigenvalue weighted by atomic mass is 32.1. The number of thiocarbonyl (C=S) groups is 1. The highest BCUT2D eigenvalue weighted by Gasteiger charge is 2.00. The summed E-state index contributed by atoms with van der Waals surface area (Å²) < 4.78 is 5.42. The molecule has 5 heteroatoms. The number of unbranched alkanes of at least 4 members (excludes halogenated alkanes) is 1. The predicted molar refractivity (Wildman–Crippen MR) is 64.7 cm³/mol. The average molecular weight is 235 g/mol. The van der Waals surface area contributed by atoms with E-state index in [0.717, 1.165) is 25.8 Å². The van der Waals surface area contributed by atoms with Gasteiger partial charge >= 0.3 is 5.97 Å². The fraction of sp³-hybridized carbons (Fsp3) is 0.778. The fourth-order valence-corrected chi connectivity index (χ4v) is 1.09. The van der Waals surface area contributed by atoms with Crippen molar-refractivity contribution in [1.29, 1.82) is 0 Å². The zero-order chi connectivity index (χ0) is 10.8. The first-order chi connectivity index (χ1) is 6.66. The number of ether oxygens (including phenoxy) is 1. The van der Waals surface area contributed by atoms with Gasteiger partial charge in [0.15, 0.2) is 0 Å². The third-order valence-electron chi connectivity index (χ3n) is 1.55. The summed E-state index contributed by atoms with van der Waals surface area (Å²) in [4.78, 5) is 11.0. The third-order valence-corrected chi connectivity index (χ3v) is 1.85. The number of carbonyl (C=O) groups excluding carboxylic acids is 1. The molecule has 0 spiro atoms. The number of thiol groups is 1. The molecule has 0 radical (unpaired) electrons. The number of hydrogen-bond acceptors (Lipinski definition) is 3. The first-order valence-corrected chi connectivity index (χ1v) is 5.64. The maximum Gasteiger partial charge on any atom is 0.305 e. The van der Waals surface area contributed by atoms with E-state index in [1.165, 1.54) is 0 Å². The van der Waals surface area contributed by atoms with Gasteiger partial charge in [-0.05, 0) is 19.3 Å². The van der Waals surface area contributed by atoms with E-state index in [1.54, 1.807) is 0 Å². The second-order valence-electron chi connectivity index (χ2n) is 2.91. The lowest BCUT2D eigenvalue weighted by molar-refractivity contribution is -0.143. The molecule has 0 rings (SSSR count). The van der Waals surface area contributed by atoms with Crippen LogP contribution in [-0.2, 0) is 9.53 Å². The van der Waals surface area contributed by atoms with Gasteiger partial charge in [0.1, 0.15) is 4.32 Å². The van der Waals surface area contributed by atoms with Gasteiger partial charge in [0, 0.05) is 13.0 Å². The standard InChI is InChI=1S/C9H17NO2S2/c1-2-7-12-8(11)5-3-4-6-10-9(13)14/h2-7H2,1H3,(H2,10,13,14). The van der Waals surface area contributed by atoms with Crippen molar-refractivity contribution in [2.24, 2.45) is 0 Å². The lowest BCUT2D eigenvalue weighted by Crippen LogP contribution is -2.17. The lowest BCUT2D eigenvalue weighted by Gasteiger charge is -2.03. The van der Waals surface area contributed by atoms with Gasteiger partial charge in [0.2, 0.25) is 0 Å². The Labute approximate surface area is 96.0 Å². The first kappa shape index (κ1) is 13.7. The van der Waals surface area contributed by atoms with E-state index in [0.29, 0.717) is 17.3 Å². The van der Waals surface area contributed by atoms with Crippen LogP contribution in [-0.4, -0.2) is 23.4 Å². The number of esters is 1. The summed E-state index contributed by atoms with van der Waals surface area (Å²) in [6.07, 6.45) is 3.09. The SMILES string of the molecule is CCCOC(=O)CCCCNC(=S)S. The van der Waals surface area contributed by atoms with Gasteiger partial charge in [-0.3, -0.25) is 4.79 Å². The van der Waals surface area contributed by atoms with Gasteiger partial charge < -0.3 is 10.1 Å². The van der Waals surface area contributed by atoms with Crippen LogP contribution in [0.5, 0.6) is 0 Å². The molecular formula is C9H17NO2S2. The molecule has 0 aliphatic heterocycles. The Bertz CT molecular complexity index is 186. The van der Waals surface area contributed by atoms with Crippen LogP contribution in [0.3, 0.4) is 0 Å². The van der Waals surface area contributed by atoms with Crippen molar-refractivity contribution in [3.8, 4) is 0 Å². The predicted octanol–water partition coefficient (Wildman–Crippen LogP) is 1.91. The van der Waals surface area contributed by atoms with Crippen molar-refractivity contribution in [3.05, 3.63) is 0 Å². The van der Waals surface area contributed by atoms with Gasteiger partial charge in [-0.2, -0.15) is 0 Å². The number of hydrogen-bond donors (Lipinski definition) is 2. The van der Waals surface area contributed by atoms with Crippen LogP contribution in [0.25, 0.3) is 0 Å². The smallest absolute Gasteiger partial charge is 0.305 e. The van der Waals surface area contributed by atoms with E-state index in [4.69, 9.17) is 17.0 Å². The van der Waals surface area contributed by atoms with Crippen molar-refractivity contribution >= 4 is 35.1 Å². The minimum absolute atomic E-state index is 0.111. The Morgan fingerprint density at radius 1 is 1.50 bits per heavy atom. The molecule has 0 saturated heterocycles. The molecule has 0 aliphatic carbocycles. The van der Waals surface area contributed by atoms with Gasteiger partial charge in [0.25, 0.3) is 0 Å². The molecule has 0 aromatic rings. The molecule has 0 heterocycles. The quantitative estimate of drug-likeness (QED) is 0.306. The second kappa shape index (κ2) is 9.27. The summed E-state index contributed by atoms with van der Waals surface area (Å²) in [6, 6.07) is 0. The summed E-state index contributed by atoms with van der Waals surface area (Å²) in [5.41, 5.74) is 0. The van der Waals surface area contributed by atoms with Crippen LogP contribution in [0, 0.1) is 0 Å². The Morgan fingerprint density at radius 3 is 2.79 bits per heavy atom. The van der Waals surface area contributed by atoms with Crippen LogP contribution >= 0.6 is 24.8 Å². The highest BCUT2D eigenvalue weighted by molar-refractivity contribution is 8.11. The molecule has 0 saturated carbocycles. The Kier molecular flexibility index (Phi) is 9.08. The van der Waals surface area contributed by atoms with Crippen molar-refractivity contribution in [1.82, 2.24) is 5.32 Å². The van der Waals surface area contributed by atoms with Crippen molar-refractivity contribution in [3.63, 3.8) is 0 Å². The summed E-state index contributed by atoms with van der Waals surface area (Å²) in [5, 5.41) is 2.91. The number of rotatable bonds is 7. The maximum atomic E-state index is 11.0. The monoisotopic (exact) mass is 235 g/mol. The normalized spacial score (nSPS) is 9.57. The van der Waals surface area contributed by atoms with Gasteiger partial charge in [0.05, 0.1) is 6.61 Å². The third kappa shape index (κ3) is 9.80. The van der Waals surface area contributed by atoms with E-state index >= 15 is 0 Å². The summed E-state index contributed by atoms with van der Waals surface area (Å²) in [5.74, 6) is -0.111. The molecule has 3 nitrogen and oxygen atoms in total. The molecule has 14 heavy (non-hydrogen) atoms. The Hall–Kier alpha value is -0.290. The Morgan fingerprint density at radius 2 is 2.21 bits per heavy atom. The number of carbonyl (C=O) groups is 1. The lowest BCUT2D eigenvalue weighted by atomic mass is 10.2. The molecule has 0 aromatic carbocycles. The topological polar surface area (TPSA) is 38.3 Å². The minimum atomic E-state index is -0.111. The van der Waals surface area contributed by atoms with Crippen LogP contribution in [0.2, 0.25) is 0 Å². The minimum Gasteiger partial charge on any atom is -0.466 e. The van der Waals surface area contributed by atoms with E-state index in [1.807, 2.05) is 6.92 Å². The average Bonchev–Trinajstić information content (AvgIpc) is 2.13. The maximum absolute atomic E-state index is 11.0. The van der Waals surface area contributed by atoms with Crippen molar-refractivity contribution in [2.75, 3.05) is 13.2 Å². The number of nitrogens with one attached hydrogen (secondary N) is 1. The van der Waals surface area contributed by atoms with Gasteiger partial charge in [-0.25, -0.2) is 0 Å². The highest BCUT2D eigenvalue weighted by Crippen LogP contribution is 1.97. The summed E-state index contributed by atoms with van der Waals surface area (Å²) in [6.45, 7) is 3.27. The van der Waals surface area contributed by atoms with E-state index in [9.17, 15) is 4.79 Å². The summed E-state index contributed by atoms with van der Waals surface area (Å²) in [7, 11) is 0. The zero-order valence-corrected chi connectivity index (χ0v) is 10.1. The van der Waals surface area contributed by atoms with E-state index < -0.39 is 0 Å². The van der Waals surface area contributed by atoms with Crippen molar-refractivity contribution in [2.45, 2.75) is 32.6 Å². The fourth-order valence-electron chi connectivity index (χ4n) is 0.878. The molecule has 0 aromatic heterocycles. The molecule has 0 atom stereocenters. The van der Waals surface area contributed by atoms with E-state index in [2.05, 4.69) is 17.9 Å². The largest absolute Gasteiger partial charge is 0.466 e. The van der Waals surface area contributed by atoms with Crippen molar-refractivity contribution < 1.29 is 9.53 Å². The van der Waals surface area contributed by atoms with Crippen LogP contribution in [0.15, 0.2) is 0 Å². The molecule has 0 fully saturated rings. The molecule has 82 valence electrons. The van der Waals surface area contributed by atoms with E-state index in [-0.39, 0.29) is 5.97 Å². The molecule has 1 N–H and O–H groups in total. The Balaban J connectivity index is 3.19. The van der Waals surface area contributed by atoms with Crippen LogP contribution in [0.1, 0.15) is 32.6 Å². The summed E-state index contributed by atoms with van der Waals surface area (Å²) >= 11 is 8.63. The van der Waals surface area contributed by atoms with Gasteiger partial charge in [-0.15, -0.1) is 12.6 Å². The van der Waals surface area contributed by atoms with Gasteiger partial charge in [-0.1, -0.05) is 19.1 Å². The molecular weight excluding hydrogens is 218 g/mol. The van der Waals surface area contributed by atoms with Crippen LogP contribution in [0.4, 0.5) is 0 Å². The zero-order valence-electron chi connectivity index (χ0n) is 8.41. The molecule has 0 bridgehead atoms. The second-order valence-corrected chi connectivity index (χ2v) is 4.07. The molecule has 0 aliphatic rings. The molecule has 0 unspecified atom stereocenters. The first-order valence-electron chi connectivity index (χ1n) is 4.79. The van der Waals surface area contributed by atoms with Crippen LogP contribution < -0.4 is 5.32 Å².